The summed E-state index contributed by atoms with van der Waals surface area (Å²) in [7, 11) is 0. The Morgan fingerprint density at radius 1 is 1.38 bits per heavy atom. The smallest absolute Gasteiger partial charge is 0.416 e. The van der Waals surface area contributed by atoms with Crippen LogP contribution >= 0.6 is 0 Å². The van der Waals surface area contributed by atoms with Gasteiger partial charge < -0.3 is 4.74 Å². The maximum absolute atomic E-state index is 12.1. The molecule has 4 heteroatoms. The number of nitrogens with zero attached hydrogens (tertiary/aromatic N) is 1. The van der Waals surface area contributed by atoms with E-state index in [4.69, 9.17) is 4.74 Å². The van der Waals surface area contributed by atoms with Crippen LogP contribution in [0.1, 0.15) is 31.2 Å². The molecule has 0 radical (unpaired) electrons. The van der Waals surface area contributed by atoms with E-state index in [0.717, 1.165) is 18.4 Å². The molecule has 1 saturated heterocycles. The maximum atomic E-state index is 12.1. The summed E-state index contributed by atoms with van der Waals surface area (Å²) in [6, 6.07) is 9.81. The highest BCUT2D eigenvalue weighted by Crippen LogP contribution is 2.23. The van der Waals surface area contributed by atoms with Crippen LogP contribution < -0.4 is 0 Å². The molecule has 2 amide bonds. The van der Waals surface area contributed by atoms with E-state index in [-0.39, 0.29) is 11.9 Å². The van der Waals surface area contributed by atoms with Crippen LogP contribution in [-0.4, -0.2) is 29.5 Å². The van der Waals surface area contributed by atoms with Crippen LogP contribution in [0.2, 0.25) is 0 Å². The van der Waals surface area contributed by atoms with Crippen molar-refractivity contribution < 1.29 is 14.3 Å². The summed E-state index contributed by atoms with van der Waals surface area (Å²) in [4.78, 5) is 25.3. The normalized spacial score (nSPS) is 17.8. The summed E-state index contributed by atoms with van der Waals surface area (Å²) in [6.07, 6.45) is 4.62. The lowest BCUT2D eigenvalue weighted by molar-refractivity contribution is -0.127. The fourth-order valence-corrected chi connectivity index (χ4v) is 2.53. The summed E-state index contributed by atoms with van der Waals surface area (Å²) in [5, 5.41) is 0. The SMILES string of the molecule is C=CCCCOC(=O)N1C(=O)CC[C@H]1Cc1ccccc1. The Morgan fingerprint density at radius 2 is 2.14 bits per heavy atom. The number of amides is 2. The highest BCUT2D eigenvalue weighted by atomic mass is 16.6. The second kappa shape index (κ2) is 7.62. The van der Waals surface area contributed by atoms with Crippen molar-refractivity contribution in [3.8, 4) is 0 Å². The lowest BCUT2D eigenvalue weighted by atomic mass is 10.0. The van der Waals surface area contributed by atoms with Gasteiger partial charge in [-0.2, -0.15) is 0 Å². The number of allylic oxidation sites excluding steroid dienone is 1. The highest BCUT2D eigenvalue weighted by Gasteiger charge is 2.36. The van der Waals surface area contributed by atoms with Gasteiger partial charge in [0.1, 0.15) is 0 Å². The molecule has 0 aromatic heterocycles. The lowest BCUT2D eigenvalue weighted by Gasteiger charge is -2.22. The van der Waals surface area contributed by atoms with Crippen molar-refractivity contribution in [2.45, 2.75) is 38.1 Å². The molecule has 0 bridgehead atoms. The van der Waals surface area contributed by atoms with E-state index in [1.54, 1.807) is 6.08 Å². The first kappa shape index (κ1) is 15.3. The van der Waals surface area contributed by atoms with Crippen LogP contribution in [0.5, 0.6) is 0 Å². The Hall–Kier alpha value is -2.10. The van der Waals surface area contributed by atoms with Crippen molar-refractivity contribution in [2.75, 3.05) is 6.61 Å². The van der Waals surface area contributed by atoms with Crippen LogP contribution in [0.4, 0.5) is 4.79 Å². The minimum atomic E-state index is -0.512. The molecule has 0 saturated carbocycles. The van der Waals surface area contributed by atoms with Gasteiger partial charge in [0, 0.05) is 12.5 Å². The first-order valence-electron chi connectivity index (χ1n) is 7.36. The van der Waals surface area contributed by atoms with E-state index < -0.39 is 6.09 Å². The molecule has 1 aliphatic rings. The summed E-state index contributed by atoms with van der Waals surface area (Å²) >= 11 is 0. The minimum Gasteiger partial charge on any atom is -0.449 e. The predicted molar refractivity (Wildman–Crippen MR) is 80.8 cm³/mol. The van der Waals surface area contributed by atoms with Crippen molar-refractivity contribution >= 4 is 12.0 Å². The molecule has 0 spiro atoms. The molecular weight excluding hydrogens is 266 g/mol. The molecule has 1 fully saturated rings. The fourth-order valence-electron chi connectivity index (χ4n) is 2.53. The van der Waals surface area contributed by atoms with Gasteiger partial charge in [-0.05, 0) is 31.2 Å². The Bertz CT molecular complexity index is 498. The van der Waals surface area contributed by atoms with Gasteiger partial charge in [-0.25, -0.2) is 9.69 Å². The number of hydrogen-bond acceptors (Lipinski definition) is 3. The van der Waals surface area contributed by atoms with Crippen LogP contribution in [0.3, 0.4) is 0 Å². The quantitative estimate of drug-likeness (QED) is 0.595. The number of likely N-dealkylation sites (tertiary alicyclic amines) is 1. The second-order valence-corrected chi connectivity index (χ2v) is 5.19. The fraction of sp³-hybridized carbons (Fsp3) is 0.412. The Kier molecular flexibility index (Phi) is 5.55. The second-order valence-electron chi connectivity index (χ2n) is 5.19. The number of benzene rings is 1. The van der Waals surface area contributed by atoms with Gasteiger partial charge in [0.15, 0.2) is 0 Å². The Labute approximate surface area is 125 Å². The predicted octanol–water partition coefficient (Wildman–Crippen LogP) is 3.32. The van der Waals surface area contributed by atoms with Crippen molar-refractivity contribution in [3.63, 3.8) is 0 Å². The first-order chi connectivity index (χ1) is 10.2. The minimum absolute atomic E-state index is 0.0909. The Morgan fingerprint density at radius 3 is 2.86 bits per heavy atom. The number of unbranched alkanes of at least 4 members (excludes halogenated alkanes) is 1. The van der Waals surface area contributed by atoms with Gasteiger partial charge in [-0.1, -0.05) is 36.4 Å². The zero-order valence-electron chi connectivity index (χ0n) is 12.2. The van der Waals surface area contributed by atoms with E-state index in [1.807, 2.05) is 30.3 Å². The van der Waals surface area contributed by atoms with E-state index in [2.05, 4.69) is 6.58 Å². The number of carbonyl (C=O) groups excluding carboxylic acids is 2. The summed E-state index contributed by atoms with van der Waals surface area (Å²) in [6.45, 7) is 3.95. The molecule has 21 heavy (non-hydrogen) atoms. The third-order valence-electron chi connectivity index (χ3n) is 3.61. The summed E-state index contributed by atoms with van der Waals surface area (Å²) in [5.74, 6) is -0.135. The zero-order chi connectivity index (χ0) is 15.1. The molecule has 1 aromatic carbocycles. The molecule has 2 rings (SSSR count). The average Bonchev–Trinajstić information content (AvgIpc) is 2.85. The number of imide groups is 1. The molecule has 1 atom stereocenters. The molecule has 0 unspecified atom stereocenters. The standard InChI is InChI=1S/C17H21NO3/c1-2-3-7-12-21-17(20)18-15(10-11-16(18)19)13-14-8-5-4-6-9-14/h2,4-6,8-9,15H,1,3,7,10-13H2/t15-/m0/s1. The van der Waals surface area contributed by atoms with E-state index >= 15 is 0 Å². The van der Waals surface area contributed by atoms with Gasteiger partial charge in [0.2, 0.25) is 5.91 Å². The summed E-state index contributed by atoms with van der Waals surface area (Å²) in [5.41, 5.74) is 1.13. The third-order valence-corrected chi connectivity index (χ3v) is 3.61. The first-order valence-corrected chi connectivity index (χ1v) is 7.36. The van der Waals surface area contributed by atoms with Gasteiger partial charge in [0.05, 0.1) is 6.61 Å². The molecule has 1 aromatic rings. The van der Waals surface area contributed by atoms with Crippen LogP contribution in [0.25, 0.3) is 0 Å². The molecule has 1 aliphatic heterocycles. The highest BCUT2D eigenvalue weighted by molar-refractivity contribution is 5.94. The molecule has 4 nitrogen and oxygen atoms in total. The van der Waals surface area contributed by atoms with Crippen LogP contribution in [0, 0.1) is 0 Å². The molecule has 112 valence electrons. The lowest BCUT2D eigenvalue weighted by Crippen LogP contribution is -2.40. The van der Waals surface area contributed by atoms with Crippen LogP contribution in [0.15, 0.2) is 43.0 Å². The molecule has 0 N–H and O–H groups in total. The molecule has 0 aliphatic carbocycles. The Balaban J connectivity index is 1.93. The van der Waals surface area contributed by atoms with E-state index in [9.17, 15) is 9.59 Å². The van der Waals surface area contributed by atoms with E-state index in [0.29, 0.717) is 25.9 Å². The number of hydrogen-bond donors (Lipinski definition) is 0. The average molecular weight is 287 g/mol. The van der Waals surface area contributed by atoms with E-state index in [1.165, 1.54) is 4.90 Å². The number of ether oxygens (including phenoxy) is 1. The van der Waals surface area contributed by atoms with Crippen molar-refractivity contribution in [3.05, 3.63) is 48.6 Å². The van der Waals surface area contributed by atoms with Gasteiger partial charge in [-0.3, -0.25) is 4.79 Å². The maximum Gasteiger partial charge on any atom is 0.416 e. The van der Waals surface area contributed by atoms with Gasteiger partial charge in [0.25, 0.3) is 0 Å². The summed E-state index contributed by atoms with van der Waals surface area (Å²) < 4.78 is 5.18. The number of rotatable bonds is 6. The largest absolute Gasteiger partial charge is 0.449 e. The van der Waals surface area contributed by atoms with Crippen molar-refractivity contribution in [1.29, 1.82) is 0 Å². The monoisotopic (exact) mass is 287 g/mol. The third kappa shape index (κ3) is 4.18. The van der Waals surface area contributed by atoms with Crippen molar-refractivity contribution in [1.82, 2.24) is 4.90 Å². The van der Waals surface area contributed by atoms with Crippen molar-refractivity contribution in [2.24, 2.45) is 0 Å². The topological polar surface area (TPSA) is 46.6 Å². The molecule has 1 heterocycles. The number of carbonyl (C=O) groups is 2. The zero-order valence-corrected chi connectivity index (χ0v) is 12.2. The van der Waals surface area contributed by atoms with Gasteiger partial charge in [-0.15, -0.1) is 6.58 Å². The van der Waals surface area contributed by atoms with Gasteiger partial charge >= 0.3 is 6.09 Å². The van der Waals surface area contributed by atoms with Crippen LogP contribution in [-0.2, 0) is 16.0 Å². The molecular formula is C17H21NO3.